The number of carbonyl (C=O) groups is 2. The highest BCUT2D eigenvalue weighted by Gasteiger charge is 2.30. The second-order valence-electron chi connectivity index (χ2n) is 8.89. The predicted molar refractivity (Wildman–Crippen MR) is 140 cm³/mol. The number of fused-ring (bicyclic) bond motifs is 1. The molecule has 2 aliphatic heterocycles. The van der Waals surface area contributed by atoms with Crippen LogP contribution in [0.5, 0.6) is 28.7 Å². The zero-order valence-electron chi connectivity index (χ0n) is 21.4. The van der Waals surface area contributed by atoms with Crippen LogP contribution in [0.1, 0.15) is 50.2 Å². The molecule has 1 fully saturated rings. The SMILES string of the molecule is COc1ccc(C(=O)N2CCC(c3nc(C(=O)NCc4ccc5c(c4)OCO5)cs3)CC2)c(OC)c1OC. The molecule has 38 heavy (non-hydrogen) atoms. The van der Waals surface area contributed by atoms with Gasteiger partial charge in [0.05, 0.1) is 31.9 Å². The van der Waals surface area contributed by atoms with Gasteiger partial charge in [0.2, 0.25) is 12.5 Å². The Morgan fingerprint density at radius 2 is 1.79 bits per heavy atom. The molecular weight excluding hydrogens is 510 g/mol. The number of carbonyl (C=O) groups excluding carboxylic acids is 2. The number of hydrogen-bond donors (Lipinski definition) is 1. The van der Waals surface area contributed by atoms with Crippen LogP contribution in [0.25, 0.3) is 0 Å². The molecule has 1 saturated heterocycles. The van der Waals surface area contributed by atoms with Gasteiger partial charge in [0.15, 0.2) is 23.0 Å². The number of aromatic nitrogens is 1. The van der Waals surface area contributed by atoms with Gasteiger partial charge in [0, 0.05) is 30.9 Å². The van der Waals surface area contributed by atoms with E-state index in [0.29, 0.717) is 59.6 Å². The maximum Gasteiger partial charge on any atom is 0.271 e. The number of likely N-dealkylation sites (tertiary alicyclic amines) is 1. The van der Waals surface area contributed by atoms with Crippen LogP contribution >= 0.6 is 11.3 Å². The highest BCUT2D eigenvalue weighted by molar-refractivity contribution is 7.09. The number of rotatable bonds is 8. The smallest absolute Gasteiger partial charge is 0.271 e. The third-order valence-corrected chi connectivity index (χ3v) is 7.72. The summed E-state index contributed by atoms with van der Waals surface area (Å²) in [4.78, 5) is 32.4. The van der Waals surface area contributed by atoms with E-state index in [4.69, 9.17) is 23.7 Å². The molecular formula is C27H29N3O7S. The van der Waals surface area contributed by atoms with Gasteiger partial charge in [-0.05, 0) is 42.7 Å². The number of ether oxygens (including phenoxy) is 5. The van der Waals surface area contributed by atoms with Crippen LogP contribution in [0.3, 0.4) is 0 Å². The Morgan fingerprint density at radius 1 is 1.03 bits per heavy atom. The van der Waals surface area contributed by atoms with Crippen molar-refractivity contribution in [3.05, 3.63) is 57.5 Å². The fraction of sp³-hybridized carbons (Fsp3) is 0.370. The van der Waals surface area contributed by atoms with Gasteiger partial charge in [-0.1, -0.05) is 6.07 Å². The van der Waals surface area contributed by atoms with E-state index in [1.807, 2.05) is 23.1 Å². The van der Waals surface area contributed by atoms with E-state index in [2.05, 4.69) is 10.3 Å². The molecule has 10 nitrogen and oxygen atoms in total. The minimum atomic E-state index is -0.224. The summed E-state index contributed by atoms with van der Waals surface area (Å²) in [7, 11) is 4.56. The van der Waals surface area contributed by atoms with Crippen molar-refractivity contribution in [3.8, 4) is 28.7 Å². The van der Waals surface area contributed by atoms with Gasteiger partial charge in [-0.25, -0.2) is 4.98 Å². The number of nitrogens with zero attached hydrogens (tertiary/aromatic N) is 2. The molecule has 3 heterocycles. The van der Waals surface area contributed by atoms with Crippen molar-refractivity contribution in [2.24, 2.45) is 0 Å². The molecule has 11 heteroatoms. The fourth-order valence-corrected chi connectivity index (χ4v) is 5.64. The van der Waals surface area contributed by atoms with Crippen LogP contribution in [0.15, 0.2) is 35.7 Å². The second kappa shape index (κ2) is 11.2. The Balaban J connectivity index is 1.18. The Hall–Kier alpha value is -3.99. The van der Waals surface area contributed by atoms with E-state index >= 15 is 0 Å². The Morgan fingerprint density at radius 3 is 2.53 bits per heavy atom. The van der Waals surface area contributed by atoms with Crippen molar-refractivity contribution in [1.82, 2.24) is 15.2 Å². The average molecular weight is 540 g/mol. The van der Waals surface area contributed by atoms with Crippen LogP contribution in [-0.2, 0) is 6.54 Å². The molecule has 2 amide bonds. The first kappa shape index (κ1) is 25.7. The van der Waals surface area contributed by atoms with Gasteiger partial charge < -0.3 is 33.9 Å². The predicted octanol–water partition coefficient (Wildman–Crippen LogP) is 3.85. The van der Waals surface area contributed by atoms with Crippen molar-refractivity contribution < 1.29 is 33.3 Å². The summed E-state index contributed by atoms with van der Waals surface area (Å²) in [6.07, 6.45) is 1.51. The fourth-order valence-electron chi connectivity index (χ4n) is 4.67. The van der Waals surface area contributed by atoms with Gasteiger partial charge in [-0.3, -0.25) is 9.59 Å². The lowest BCUT2D eigenvalue weighted by Crippen LogP contribution is -2.38. The van der Waals surface area contributed by atoms with Gasteiger partial charge in [0.1, 0.15) is 5.69 Å². The van der Waals surface area contributed by atoms with Crippen LogP contribution in [-0.4, -0.2) is 62.9 Å². The normalized spacial score (nSPS) is 14.8. The first-order valence-electron chi connectivity index (χ1n) is 12.2. The standard InChI is InChI=1S/C27H29N3O7S/c1-33-21-7-5-18(23(34-2)24(21)35-3)27(32)30-10-8-17(9-11-30)26-29-19(14-38-26)25(31)28-13-16-4-6-20-22(12-16)37-15-36-20/h4-7,12,14,17H,8-11,13,15H2,1-3H3,(H,28,31). The van der Waals surface area contributed by atoms with Gasteiger partial charge >= 0.3 is 0 Å². The van der Waals surface area contributed by atoms with Gasteiger partial charge in [0.25, 0.3) is 11.8 Å². The van der Waals surface area contributed by atoms with Crippen LogP contribution in [0.4, 0.5) is 0 Å². The number of hydrogen-bond acceptors (Lipinski definition) is 9. The quantitative estimate of drug-likeness (QED) is 0.460. The van der Waals surface area contributed by atoms with Crippen molar-refractivity contribution >= 4 is 23.2 Å². The summed E-state index contributed by atoms with van der Waals surface area (Å²) in [5, 5.41) is 5.62. The molecule has 0 aliphatic carbocycles. The van der Waals surface area contributed by atoms with E-state index in [-0.39, 0.29) is 24.5 Å². The maximum absolute atomic E-state index is 13.3. The zero-order valence-corrected chi connectivity index (χ0v) is 22.3. The largest absolute Gasteiger partial charge is 0.493 e. The summed E-state index contributed by atoms with van der Waals surface area (Å²) < 4.78 is 27.0. The first-order valence-corrected chi connectivity index (χ1v) is 13.1. The molecule has 5 rings (SSSR count). The molecule has 3 aromatic rings. The maximum atomic E-state index is 13.3. The summed E-state index contributed by atoms with van der Waals surface area (Å²) >= 11 is 1.48. The topological polar surface area (TPSA) is 108 Å². The summed E-state index contributed by atoms with van der Waals surface area (Å²) in [6, 6.07) is 9.00. The van der Waals surface area contributed by atoms with E-state index in [1.54, 1.807) is 17.5 Å². The highest BCUT2D eigenvalue weighted by Crippen LogP contribution is 2.41. The lowest BCUT2D eigenvalue weighted by atomic mass is 9.97. The van der Waals surface area contributed by atoms with Gasteiger partial charge in [-0.15, -0.1) is 11.3 Å². The zero-order chi connectivity index (χ0) is 26.6. The average Bonchev–Trinajstić information content (AvgIpc) is 3.64. The van der Waals surface area contributed by atoms with Gasteiger partial charge in [-0.2, -0.15) is 0 Å². The molecule has 0 spiro atoms. The number of amides is 2. The summed E-state index contributed by atoms with van der Waals surface area (Å²) in [5.74, 6) is 2.48. The molecule has 0 atom stereocenters. The number of methoxy groups -OCH3 is 3. The molecule has 0 bridgehead atoms. The molecule has 0 saturated carbocycles. The number of nitrogens with one attached hydrogen (secondary N) is 1. The highest BCUT2D eigenvalue weighted by atomic mass is 32.1. The van der Waals surface area contributed by atoms with Crippen LogP contribution in [0.2, 0.25) is 0 Å². The molecule has 0 radical (unpaired) electrons. The van der Waals surface area contributed by atoms with E-state index in [0.717, 1.165) is 23.4 Å². The molecule has 2 aliphatic rings. The van der Waals surface area contributed by atoms with Crippen LogP contribution < -0.4 is 29.0 Å². The van der Waals surface area contributed by atoms with E-state index < -0.39 is 0 Å². The summed E-state index contributed by atoms with van der Waals surface area (Å²) in [5.41, 5.74) is 1.75. The van der Waals surface area contributed by atoms with Crippen molar-refractivity contribution in [2.75, 3.05) is 41.2 Å². The molecule has 0 unspecified atom stereocenters. The Labute approximate surface area is 224 Å². The number of thiazole rings is 1. The lowest BCUT2D eigenvalue weighted by Gasteiger charge is -2.31. The van der Waals surface area contributed by atoms with Crippen molar-refractivity contribution in [2.45, 2.75) is 25.3 Å². The molecule has 1 aromatic heterocycles. The van der Waals surface area contributed by atoms with E-state index in [9.17, 15) is 9.59 Å². The second-order valence-corrected chi connectivity index (χ2v) is 9.78. The number of benzene rings is 2. The third kappa shape index (κ3) is 5.06. The monoisotopic (exact) mass is 539 g/mol. The third-order valence-electron chi connectivity index (χ3n) is 6.71. The number of piperidine rings is 1. The summed E-state index contributed by atoms with van der Waals surface area (Å²) in [6.45, 7) is 1.73. The van der Waals surface area contributed by atoms with Crippen molar-refractivity contribution in [1.29, 1.82) is 0 Å². The molecule has 1 N–H and O–H groups in total. The Bertz CT molecular complexity index is 1330. The Kier molecular flexibility index (Phi) is 7.54. The first-order chi connectivity index (χ1) is 18.5. The lowest BCUT2D eigenvalue weighted by molar-refractivity contribution is 0.0708. The van der Waals surface area contributed by atoms with E-state index in [1.165, 1.54) is 32.7 Å². The molecule has 200 valence electrons. The minimum Gasteiger partial charge on any atom is -0.493 e. The van der Waals surface area contributed by atoms with Crippen LogP contribution in [0, 0.1) is 0 Å². The van der Waals surface area contributed by atoms with Crippen molar-refractivity contribution in [3.63, 3.8) is 0 Å². The minimum absolute atomic E-state index is 0.121. The molecule has 2 aromatic carbocycles.